The molecule has 0 aromatic heterocycles. The summed E-state index contributed by atoms with van der Waals surface area (Å²) in [6.45, 7) is 0.513. The van der Waals surface area contributed by atoms with E-state index in [4.69, 9.17) is 4.74 Å². The minimum atomic E-state index is -0.156. The van der Waals surface area contributed by atoms with Gasteiger partial charge in [0.15, 0.2) is 0 Å². The van der Waals surface area contributed by atoms with Crippen molar-refractivity contribution in [3.8, 4) is 11.1 Å². The molecule has 0 radical (unpaired) electrons. The first-order valence-corrected chi connectivity index (χ1v) is 9.20. The Morgan fingerprint density at radius 1 is 0.962 bits per heavy atom. The Labute approximate surface area is 154 Å². The summed E-state index contributed by atoms with van der Waals surface area (Å²) in [5.41, 5.74) is 2.85. The van der Waals surface area contributed by atoms with Crippen molar-refractivity contribution in [1.29, 1.82) is 0 Å². The molecule has 4 heteroatoms. The van der Waals surface area contributed by atoms with Gasteiger partial charge >= 0.3 is 5.97 Å². The topological polar surface area (TPSA) is 55.4 Å². The molecule has 0 spiro atoms. The van der Waals surface area contributed by atoms with Gasteiger partial charge in [-0.05, 0) is 42.0 Å². The van der Waals surface area contributed by atoms with Gasteiger partial charge in [0, 0.05) is 12.1 Å². The molecule has 0 aliphatic heterocycles. The number of methoxy groups -OCH3 is 1. The van der Waals surface area contributed by atoms with Gasteiger partial charge in [0.25, 0.3) is 5.91 Å². The highest BCUT2D eigenvalue weighted by atomic mass is 16.5. The number of hydrogen-bond acceptors (Lipinski definition) is 3. The van der Waals surface area contributed by atoms with Crippen LogP contribution in [0.15, 0.2) is 54.6 Å². The second-order valence-corrected chi connectivity index (χ2v) is 6.83. The molecule has 26 heavy (non-hydrogen) atoms. The van der Waals surface area contributed by atoms with Gasteiger partial charge < -0.3 is 10.1 Å². The molecule has 2 atom stereocenters. The van der Waals surface area contributed by atoms with Gasteiger partial charge in [0.05, 0.1) is 13.0 Å². The van der Waals surface area contributed by atoms with Crippen molar-refractivity contribution >= 4 is 11.9 Å². The van der Waals surface area contributed by atoms with E-state index in [-0.39, 0.29) is 23.7 Å². The van der Waals surface area contributed by atoms with E-state index in [2.05, 4.69) is 5.32 Å². The van der Waals surface area contributed by atoms with Crippen LogP contribution in [0.3, 0.4) is 0 Å². The number of carbonyl (C=O) groups excluding carboxylic acids is 2. The average molecular weight is 351 g/mol. The number of rotatable bonds is 5. The van der Waals surface area contributed by atoms with E-state index in [0.717, 1.165) is 36.8 Å². The minimum absolute atomic E-state index is 0.0983. The lowest BCUT2D eigenvalue weighted by atomic mass is 9.79. The van der Waals surface area contributed by atoms with Gasteiger partial charge in [-0.3, -0.25) is 9.59 Å². The molecule has 0 bridgehead atoms. The summed E-state index contributed by atoms with van der Waals surface area (Å²) in [6.07, 6.45) is 3.94. The van der Waals surface area contributed by atoms with Crippen LogP contribution in [0.5, 0.6) is 0 Å². The van der Waals surface area contributed by atoms with Gasteiger partial charge in [-0.15, -0.1) is 0 Å². The second-order valence-electron chi connectivity index (χ2n) is 6.83. The molecule has 136 valence electrons. The molecule has 1 saturated carbocycles. The van der Waals surface area contributed by atoms with Crippen LogP contribution in [0.4, 0.5) is 0 Å². The summed E-state index contributed by atoms with van der Waals surface area (Å²) >= 11 is 0. The van der Waals surface area contributed by atoms with Gasteiger partial charge in [0.1, 0.15) is 0 Å². The first-order valence-electron chi connectivity index (χ1n) is 9.20. The Morgan fingerprint density at radius 2 is 1.62 bits per heavy atom. The molecule has 2 unspecified atom stereocenters. The normalized spacial score (nSPS) is 19.6. The minimum Gasteiger partial charge on any atom is -0.469 e. The average Bonchev–Trinajstić information content (AvgIpc) is 2.72. The van der Waals surface area contributed by atoms with E-state index in [1.165, 1.54) is 7.11 Å². The largest absolute Gasteiger partial charge is 0.469 e. The number of amides is 1. The zero-order chi connectivity index (χ0) is 18.4. The van der Waals surface area contributed by atoms with Crippen molar-refractivity contribution < 1.29 is 14.3 Å². The van der Waals surface area contributed by atoms with Gasteiger partial charge in [-0.2, -0.15) is 0 Å². The van der Waals surface area contributed by atoms with Crippen LogP contribution in [-0.4, -0.2) is 25.5 Å². The predicted molar refractivity (Wildman–Crippen MR) is 102 cm³/mol. The van der Waals surface area contributed by atoms with E-state index in [9.17, 15) is 9.59 Å². The van der Waals surface area contributed by atoms with Crippen molar-refractivity contribution in [3.63, 3.8) is 0 Å². The van der Waals surface area contributed by atoms with E-state index < -0.39 is 0 Å². The van der Waals surface area contributed by atoms with E-state index in [0.29, 0.717) is 12.1 Å². The Hall–Kier alpha value is -2.62. The summed E-state index contributed by atoms with van der Waals surface area (Å²) in [5, 5.41) is 2.99. The fraction of sp³-hybridized carbons (Fsp3) is 0.364. The second kappa shape index (κ2) is 8.65. The van der Waals surface area contributed by atoms with E-state index in [1.54, 1.807) is 0 Å². The Kier molecular flexibility index (Phi) is 6.05. The smallest absolute Gasteiger partial charge is 0.309 e. The number of nitrogens with one attached hydrogen (secondary N) is 1. The van der Waals surface area contributed by atoms with Gasteiger partial charge in [-0.1, -0.05) is 55.3 Å². The van der Waals surface area contributed by atoms with Gasteiger partial charge in [0.2, 0.25) is 0 Å². The third-order valence-corrected chi connectivity index (χ3v) is 5.19. The van der Waals surface area contributed by atoms with Crippen LogP contribution in [-0.2, 0) is 9.53 Å². The SMILES string of the molecule is COC(=O)C1CCCCC1CNC(=O)c1ccc(-c2ccccc2)cc1. The molecule has 0 saturated heterocycles. The van der Waals surface area contributed by atoms with E-state index in [1.807, 2.05) is 54.6 Å². The summed E-state index contributed by atoms with van der Waals surface area (Å²) in [5.74, 6) is -0.201. The molecule has 2 aromatic rings. The summed E-state index contributed by atoms with van der Waals surface area (Å²) < 4.78 is 4.91. The van der Waals surface area contributed by atoms with Gasteiger partial charge in [-0.25, -0.2) is 0 Å². The predicted octanol–water partition coefficient (Wildman–Crippen LogP) is 4.06. The molecular weight excluding hydrogens is 326 g/mol. The molecule has 2 aromatic carbocycles. The number of esters is 1. The Balaban J connectivity index is 1.60. The van der Waals surface area contributed by atoms with Crippen LogP contribution in [0.1, 0.15) is 36.0 Å². The number of carbonyl (C=O) groups is 2. The molecular formula is C22H25NO3. The van der Waals surface area contributed by atoms with Crippen molar-refractivity contribution in [2.75, 3.05) is 13.7 Å². The third kappa shape index (κ3) is 4.31. The fourth-order valence-electron chi connectivity index (χ4n) is 3.68. The van der Waals surface area contributed by atoms with Crippen molar-refractivity contribution in [2.45, 2.75) is 25.7 Å². The highest BCUT2D eigenvalue weighted by Gasteiger charge is 2.31. The third-order valence-electron chi connectivity index (χ3n) is 5.19. The van der Waals surface area contributed by atoms with Crippen molar-refractivity contribution in [1.82, 2.24) is 5.32 Å². The van der Waals surface area contributed by atoms with Crippen LogP contribution in [0.2, 0.25) is 0 Å². The number of hydrogen-bond donors (Lipinski definition) is 1. The molecule has 1 fully saturated rings. The zero-order valence-electron chi connectivity index (χ0n) is 15.1. The quantitative estimate of drug-likeness (QED) is 0.827. The fourth-order valence-corrected chi connectivity index (χ4v) is 3.68. The monoisotopic (exact) mass is 351 g/mol. The summed E-state index contributed by atoms with van der Waals surface area (Å²) in [6, 6.07) is 17.7. The maximum Gasteiger partial charge on any atom is 0.309 e. The molecule has 1 aliphatic carbocycles. The molecule has 0 heterocycles. The maximum atomic E-state index is 12.5. The summed E-state index contributed by atoms with van der Waals surface area (Å²) in [4.78, 5) is 24.4. The lowest BCUT2D eigenvalue weighted by Crippen LogP contribution is -2.37. The van der Waals surface area contributed by atoms with Crippen molar-refractivity contribution in [2.24, 2.45) is 11.8 Å². The summed E-state index contributed by atoms with van der Waals surface area (Å²) in [7, 11) is 1.43. The van der Waals surface area contributed by atoms with Crippen LogP contribution < -0.4 is 5.32 Å². The molecule has 1 amide bonds. The van der Waals surface area contributed by atoms with Crippen molar-refractivity contribution in [3.05, 3.63) is 60.2 Å². The molecule has 3 rings (SSSR count). The molecule has 4 nitrogen and oxygen atoms in total. The van der Waals surface area contributed by atoms with E-state index >= 15 is 0 Å². The van der Waals surface area contributed by atoms with Crippen LogP contribution in [0, 0.1) is 11.8 Å². The maximum absolute atomic E-state index is 12.5. The molecule has 1 N–H and O–H groups in total. The molecule has 1 aliphatic rings. The first kappa shape index (κ1) is 18.2. The lowest BCUT2D eigenvalue weighted by molar-refractivity contribution is -0.148. The van der Waals surface area contributed by atoms with Crippen LogP contribution >= 0.6 is 0 Å². The number of benzene rings is 2. The van der Waals surface area contributed by atoms with Crippen LogP contribution in [0.25, 0.3) is 11.1 Å². The Bertz CT molecular complexity index is 740. The highest BCUT2D eigenvalue weighted by molar-refractivity contribution is 5.94. The first-order chi connectivity index (χ1) is 12.7. The lowest BCUT2D eigenvalue weighted by Gasteiger charge is -2.29. The highest BCUT2D eigenvalue weighted by Crippen LogP contribution is 2.30. The Morgan fingerprint density at radius 3 is 2.31 bits per heavy atom. The zero-order valence-corrected chi connectivity index (χ0v) is 15.1. The standard InChI is InChI=1S/C22H25NO3/c1-26-22(25)20-10-6-5-9-19(20)15-23-21(24)18-13-11-17(12-14-18)16-7-3-2-4-8-16/h2-4,7-8,11-14,19-20H,5-6,9-10,15H2,1H3,(H,23,24). The number of ether oxygens (including phenoxy) is 1.